The highest BCUT2D eigenvalue weighted by Gasteiger charge is 2.10. The maximum atomic E-state index is 11.4. The van der Waals surface area contributed by atoms with Crippen LogP contribution in [0.5, 0.6) is 0 Å². The van der Waals surface area contributed by atoms with Gasteiger partial charge in [0.15, 0.2) is 5.78 Å². The maximum absolute atomic E-state index is 11.4. The molecule has 0 bridgehead atoms. The molecule has 0 aliphatic rings. The minimum atomic E-state index is 0.0231. The van der Waals surface area contributed by atoms with Crippen LogP contribution in [0.4, 0.5) is 0 Å². The third kappa shape index (κ3) is 1.95. The second-order valence-electron chi connectivity index (χ2n) is 3.40. The normalized spacial score (nSPS) is 10.2. The Kier molecular flexibility index (Phi) is 2.83. The van der Waals surface area contributed by atoms with Gasteiger partial charge < -0.3 is 5.73 Å². The van der Waals surface area contributed by atoms with E-state index in [9.17, 15) is 4.79 Å². The van der Waals surface area contributed by atoms with Crippen LogP contribution >= 0.6 is 0 Å². The molecule has 1 aromatic carbocycles. The number of rotatable bonds is 2. The molecule has 2 nitrogen and oxygen atoms in total. The number of benzene rings is 1. The standard InChI is InChI=1S/C11H15NO/c1-7-4-8(2)11(9(3)5-7)10(13)6-12/h4-5H,6,12H2,1-3H3. The first-order chi connectivity index (χ1) is 6.06. The molecule has 13 heavy (non-hydrogen) atoms. The molecular formula is C11H15NO. The zero-order chi connectivity index (χ0) is 10.0. The lowest BCUT2D eigenvalue weighted by atomic mass is 9.97. The number of aryl methyl sites for hydroxylation is 3. The van der Waals surface area contributed by atoms with Gasteiger partial charge in [-0.15, -0.1) is 0 Å². The van der Waals surface area contributed by atoms with Crippen LogP contribution < -0.4 is 5.73 Å². The van der Waals surface area contributed by atoms with Crippen molar-refractivity contribution in [2.45, 2.75) is 20.8 Å². The molecule has 0 radical (unpaired) electrons. The Hall–Kier alpha value is -1.15. The van der Waals surface area contributed by atoms with Gasteiger partial charge >= 0.3 is 0 Å². The molecule has 0 saturated heterocycles. The van der Waals surface area contributed by atoms with Crippen molar-refractivity contribution >= 4 is 5.78 Å². The predicted octanol–water partition coefficient (Wildman–Crippen LogP) is 1.75. The highest BCUT2D eigenvalue weighted by molar-refractivity contribution is 6.00. The molecule has 70 valence electrons. The second kappa shape index (κ2) is 3.71. The smallest absolute Gasteiger partial charge is 0.176 e. The predicted molar refractivity (Wildman–Crippen MR) is 54.0 cm³/mol. The fourth-order valence-corrected chi connectivity index (χ4v) is 1.72. The Morgan fingerprint density at radius 1 is 1.23 bits per heavy atom. The van der Waals surface area contributed by atoms with Gasteiger partial charge in [0.25, 0.3) is 0 Å². The third-order valence-corrected chi connectivity index (χ3v) is 2.14. The van der Waals surface area contributed by atoms with E-state index in [1.165, 1.54) is 5.56 Å². The summed E-state index contributed by atoms with van der Waals surface area (Å²) in [5.41, 5.74) is 9.34. The number of carbonyl (C=O) groups is 1. The Bertz CT molecular complexity index is 319. The number of carbonyl (C=O) groups excluding carboxylic acids is 1. The lowest BCUT2D eigenvalue weighted by Gasteiger charge is -2.08. The lowest BCUT2D eigenvalue weighted by molar-refractivity contribution is 0.1000. The Morgan fingerprint density at radius 3 is 2.08 bits per heavy atom. The Balaban J connectivity index is 3.28. The lowest BCUT2D eigenvalue weighted by Crippen LogP contribution is -2.16. The van der Waals surface area contributed by atoms with Gasteiger partial charge in [-0.3, -0.25) is 4.79 Å². The van der Waals surface area contributed by atoms with Gasteiger partial charge in [0.05, 0.1) is 6.54 Å². The fraction of sp³-hybridized carbons (Fsp3) is 0.364. The summed E-state index contributed by atoms with van der Waals surface area (Å²) in [7, 11) is 0. The Morgan fingerprint density at radius 2 is 1.69 bits per heavy atom. The highest BCUT2D eigenvalue weighted by atomic mass is 16.1. The SMILES string of the molecule is Cc1cc(C)c(C(=O)CN)c(C)c1. The molecule has 1 rings (SSSR count). The number of nitrogens with two attached hydrogens (primary N) is 1. The first-order valence-electron chi connectivity index (χ1n) is 4.37. The summed E-state index contributed by atoms with van der Waals surface area (Å²) in [5.74, 6) is 0.0231. The van der Waals surface area contributed by atoms with Crippen molar-refractivity contribution in [3.63, 3.8) is 0 Å². The van der Waals surface area contributed by atoms with Crippen LogP contribution in [0.3, 0.4) is 0 Å². The molecule has 0 fully saturated rings. The van der Waals surface area contributed by atoms with E-state index in [4.69, 9.17) is 5.73 Å². The van der Waals surface area contributed by atoms with E-state index in [0.717, 1.165) is 16.7 Å². The summed E-state index contributed by atoms with van der Waals surface area (Å²) < 4.78 is 0. The molecule has 2 N–H and O–H groups in total. The molecular weight excluding hydrogens is 162 g/mol. The van der Waals surface area contributed by atoms with E-state index < -0.39 is 0 Å². The first kappa shape index (κ1) is 9.93. The van der Waals surface area contributed by atoms with Crippen LogP contribution in [0, 0.1) is 20.8 Å². The summed E-state index contributed by atoms with van der Waals surface area (Å²) in [6.45, 7) is 6.01. The van der Waals surface area contributed by atoms with Gasteiger partial charge in [-0.25, -0.2) is 0 Å². The number of hydrogen-bond donors (Lipinski definition) is 1. The molecule has 0 aromatic heterocycles. The third-order valence-electron chi connectivity index (χ3n) is 2.14. The van der Waals surface area contributed by atoms with Gasteiger partial charge in [-0.2, -0.15) is 0 Å². The van der Waals surface area contributed by atoms with Gasteiger partial charge in [0, 0.05) is 5.56 Å². The summed E-state index contributed by atoms with van der Waals surface area (Å²) in [4.78, 5) is 11.4. The molecule has 2 heteroatoms. The zero-order valence-corrected chi connectivity index (χ0v) is 8.35. The number of Topliss-reactive ketones (excluding diaryl/α,β-unsaturated/α-hetero) is 1. The van der Waals surface area contributed by atoms with Crippen molar-refractivity contribution in [2.75, 3.05) is 6.54 Å². The monoisotopic (exact) mass is 177 g/mol. The maximum Gasteiger partial charge on any atom is 0.176 e. The van der Waals surface area contributed by atoms with E-state index >= 15 is 0 Å². The summed E-state index contributed by atoms with van der Waals surface area (Å²) in [6.07, 6.45) is 0. The molecule has 1 aromatic rings. The average molecular weight is 177 g/mol. The van der Waals surface area contributed by atoms with Crippen LogP contribution in [0.15, 0.2) is 12.1 Å². The van der Waals surface area contributed by atoms with Gasteiger partial charge in [-0.1, -0.05) is 17.7 Å². The summed E-state index contributed by atoms with van der Waals surface area (Å²) >= 11 is 0. The minimum Gasteiger partial charge on any atom is -0.324 e. The molecule has 0 spiro atoms. The molecule has 0 aliphatic heterocycles. The molecule has 0 atom stereocenters. The average Bonchev–Trinajstić information content (AvgIpc) is 2.02. The molecule has 0 aliphatic carbocycles. The van der Waals surface area contributed by atoms with Crippen LogP contribution in [-0.2, 0) is 0 Å². The summed E-state index contributed by atoms with van der Waals surface area (Å²) in [5, 5.41) is 0. The highest BCUT2D eigenvalue weighted by Crippen LogP contribution is 2.16. The van der Waals surface area contributed by atoms with Crippen molar-refractivity contribution in [3.8, 4) is 0 Å². The van der Waals surface area contributed by atoms with Crippen LogP contribution in [0.1, 0.15) is 27.0 Å². The quantitative estimate of drug-likeness (QED) is 0.699. The first-order valence-corrected chi connectivity index (χ1v) is 4.37. The van der Waals surface area contributed by atoms with E-state index in [1.807, 2.05) is 32.9 Å². The largest absolute Gasteiger partial charge is 0.324 e. The van der Waals surface area contributed by atoms with E-state index in [2.05, 4.69) is 0 Å². The van der Waals surface area contributed by atoms with Crippen LogP contribution in [0.2, 0.25) is 0 Å². The van der Waals surface area contributed by atoms with Gasteiger partial charge in [0.1, 0.15) is 0 Å². The van der Waals surface area contributed by atoms with Crippen molar-refractivity contribution in [3.05, 3.63) is 34.4 Å². The molecule has 0 heterocycles. The number of hydrogen-bond acceptors (Lipinski definition) is 2. The van der Waals surface area contributed by atoms with Gasteiger partial charge in [-0.05, 0) is 31.9 Å². The van der Waals surface area contributed by atoms with Crippen molar-refractivity contribution in [2.24, 2.45) is 5.73 Å². The number of ketones is 1. The zero-order valence-electron chi connectivity index (χ0n) is 8.35. The van der Waals surface area contributed by atoms with Crippen molar-refractivity contribution in [1.82, 2.24) is 0 Å². The molecule has 0 unspecified atom stereocenters. The van der Waals surface area contributed by atoms with Crippen molar-refractivity contribution in [1.29, 1.82) is 0 Å². The second-order valence-corrected chi connectivity index (χ2v) is 3.40. The van der Waals surface area contributed by atoms with Crippen LogP contribution in [-0.4, -0.2) is 12.3 Å². The van der Waals surface area contributed by atoms with E-state index in [1.54, 1.807) is 0 Å². The van der Waals surface area contributed by atoms with E-state index in [-0.39, 0.29) is 12.3 Å². The summed E-state index contributed by atoms with van der Waals surface area (Å²) in [6, 6.07) is 4.02. The fourth-order valence-electron chi connectivity index (χ4n) is 1.72. The van der Waals surface area contributed by atoms with Gasteiger partial charge in [0.2, 0.25) is 0 Å². The molecule has 0 amide bonds. The van der Waals surface area contributed by atoms with Crippen molar-refractivity contribution < 1.29 is 4.79 Å². The minimum absolute atomic E-state index is 0.0231. The van der Waals surface area contributed by atoms with Crippen LogP contribution in [0.25, 0.3) is 0 Å². The molecule has 0 saturated carbocycles. The van der Waals surface area contributed by atoms with E-state index in [0.29, 0.717) is 0 Å². The topological polar surface area (TPSA) is 43.1 Å². The Labute approximate surface area is 78.8 Å².